The smallest absolute Gasteiger partial charge is 0.286 e. The molecule has 0 saturated heterocycles. The number of anilines is 1. The van der Waals surface area contributed by atoms with Gasteiger partial charge < -0.3 is 15.5 Å². The molecular weight excluding hydrogens is 448 g/mol. The monoisotopic (exact) mass is 464 g/mol. The first kappa shape index (κ1) is 20.3. The van der Waals surface area contributed by atoms with Crippen LogP contribution in [0.4, 0.5) is 5.69 Å². The van der Waals surface area contributed by atoms with E-state index in [1.807, 2.05) is 41.9 Å². The van der Waals surface area contributed by atoms with E-state index < -0.39 is 5.91 Å². The van der Waals surface area contributed by atoms with Crippen LogP contribution in [-0.2, 0) is 6.54 Å². The maximum atomic E-state index is 13.1. The molecule has 0 spiro atoms. The van der Waals surface area contributed by atoms with Crippen molar-refractivity contribution in [3.05, 3.63) is 81.5 Å². The molecule has 0 atom stereocenters. The quantitative estimate of drug-likeness (QED) is 0.372. The Balaban J connectivity index is 1.49. The molecule has 0 aliphatic carbocycles. The lowest BCUT2D eigenvalue weighted by atomic mass is 10.2. The number of furan rings is 1. The van der Waals surface area contributed by atoms with Crippen LogP contribution >= 0.6 is 22.9 Å². The second kappa shape index (κ2) is 7.81. The summed E-state index contributed by atoms with van der Waals surface area (Å²) in [6.07, 6.45) is 0. The van der Waals surface area contributed by atoms with Crippen molar-refractivity contribution in [3.8, 4) is 0 Å². The first-order valence-electron chi connectivity index (χ1n) is 9.75. The summed E-state index contributed by atoms with van der Waals surface area (Å²) in [4.78, 5) is 26.3. The van der Waals surface area contributed by atoms with Crippen LogP contribution in [0, 0.1) is 6.92 Å². The van der Waals surface area contributed by atoms with E-state index in [2.05, 4.69) is 10.4 Å². The minimum absolute atomic E-state index is 0.0780. The van der Waals surface area contributed by atoms with Crippen LogP contribution in [0.5, 0.6) is 0 Å². The summed E-state index contributed by atoms with van der Waals surface area (Å²) in [6.45, 7) is 2.46. The highest BCUT2D eigenvalue weighted by Crippen LogP contribution is 2.33. The van der Waals surface area contributed by atoms with Crippen molar-refractivity contribution in [2.24, 2.45) is 5.73 Å². The van der Waals surface area contributed by atoms with Gasteiger partial charge in [-0.05, 0) is 42.8 Å². The zero-order valence-electron chi connectivity index (χ0n) is 16.9. The van der Waals surface area contributed by atoms with Gasteiger partial charge in [0.15, 0.2) is 0 Å². The van der Waals surface area contributed by atoms with E-state index in [1.165, 1.54) is 11.3 Å². The highest BCUT2D eigenvalue weighted by atomic mass is 35.5. The number of nitrogens with one attached hydrogen (secondary N) is 1. The Hall–Kier alpha value is -3.62. The Morgan fingerprint density at radius 3 is 2.66 bits per heavy atom. The molecule has 3 heterocycles. The molecule has 3 N–H and O–H groups in total. The number of nitrogens with two attached hydrogens (primary N) is 1. The molecule has 3 aromatic heterocycles. The summed E-state index contributed by atoms with van der Waals surface area (Å²) in [5, 5.41) is 9.61. The fourth-order valence-electron chi connectivity index (χ4n) is 3.61. The van der Waals surface area contributed by atoms with Crippen LogP contribution in [0.3, 0.4) is 0 Å². The number of halogens is 1. The normalized spacial score (nSPS) is 11.3. The number of aryl methyl sites for hydroxylation is 1. The third kappa shape index (κ3) is 3.53. The summed E-state index contributed by atoms with van der Waals surface area (Å²) >= 11 is 7.31. The predicted octanol–water partition coefficient (Wildman–Crippen LogP) is 5.21. The highest BCUT2D eigenvalue weighted by molar-refractivity contribution is 7.20. The van der Waals surface area contributed by atoms with Crippen molar-refractivity contribution in [3.63, 3.8) is 0 Å². The first-order valence-corrected chi connectivity index (χ1v) is 10.9. The lowest BCUT2D eigenvalue weighted by molar-refractivity contribution is 0.0977. The molecule has 0 radical (unpaired) electrons. The van der Waals surface area contributed by atoms with Crippen LogP contribution in [0.2, 0.25) is 5.02 Å². The number of fused-ring (bicyclic) bond motifs is 2. The number of para-hydroxylation sites is 1. The lowest BCUT2D eigenvalue weighted by Gasteiger charge is -2.04. The molecule has 5 aromatic rings. The molecule has 0 aliphatic rings. The van der Waals surface area contributed by atoms with Crippen molar-refractivity contribution in [2.45, 2.75) is 13.5 Å². The van der Waals surface area contributed by atoms with Gasteiger partial charge in [-0.3, -0.25) is 14.3 Å². The molecule has 9 heteroatoms. The van der Waals surface area contributed by atoms with Gasteiger partial charge >= 0.3 is 0 Å². The van der Waals surface area contributed by atoms with Gasteiger partial charge in [0.2, 0.25) is 5.76 Å². The zero-order chi connectivity index (χ0) is 22.4. The number of rotatable bonds is 5. The number of hydrogen-bond donors (Lipinski definition) is 2. The van der Waals surface area contributed by atoms with Crippen molar-refractivity contribution in [1.82, 2.24) is 9.78 Å². The molecule has 0 fully saturated rings. The largest absolute Gasteiger partial charge is 0.449 e. The standard InChI is InChI=1S/C23H17ClN4O3S/c1-12-16-10-18(32-23(16)28(27-12)11-13-6-8-14(24)9-7-13)22(30)26-19-15-4-2-3-5-17(15)31-20(19)21(25)29/h2-10H,11H2,1H3,(H2,25,29)(H,26,30). The Labute approximate surface area is 191 Å². The Morgan fingerprint density at radius 2 is 1.91 bits per heavy atom. The van der Waals surface area contributed by atoms with Gasteiger partial charge in [0.1, 0.15) is 16.1 Å². The third-order valence-corrected chi connectivity index (χ3v) is 6.53. The molecule has 0 unspecified atom stereocenters. The average molecular weight is 465 g/mol. The first-order chi connectivity index (χ1) is 15.4. The van der Waals surface area contributed by atoms with E-state index in [4.69, 9.17) is 21.8 Å². The van der Waals surface area contributed by atoms with Gasteiger partial charge in [0.25, 0.3) is 11.8 Å². The van der Waals surface area contributed by atoms with Gasteiger partial charge in [0.05, 0.1) is 17.1 Å². The van der Waals surface area contributed by atoms with Gasteiger partial charge in [-0.15, -0.1) is 11.3 Å². The molecule has 2 amide bonds. The van der Waals surface area contributed by atoms with Crippen molar-refractivity contribution >= 4 is 61.6 Å². The van der Waals surface area contributed by atoms with Crippen molar-refractivity contribution < 1.29 is 14.0 Å². The summed E-state index contributed by atoms with van der Waals surface area (Å²) in [6, 6.07) is 16.4. The maximum Gasteiger partial charge on any atom is 0.286 e. The molecular formula is C23H17ClN4O3S. The van der Waals surface area contributed by atoms with E-state index in [-0.39, 0.29) is 17.4 Å². The molecule has 7 nitrogen and oxygen atoms in total. The minimum atomic E-state index is -0.748. The fourth-order valence-corrected chi connectivity index (χ4v) is 4.79. The number of hydrogen-bond acceptors (Lipinski definition) is 5. The molecule has 5 rings (SSSR count). The van der Waals surface area contributed by atoms with Crippen LogP contribution in [0.25, 0.3) is 21.2 Å². The lowest BCUT2D eigenvalue weighted by Crippen LogP contribution is -2.16. The van der Waals surface area contributed by atoms with Gasteiger partial charge in [-0.2, -0.15) is 5.10 Å². The predicted molar refractivity (Wildman–Crippen MR) is 126 cm³/mol. The number of thiophene rings is 1. The second-order valence-electron chi connectivity index (χ2n) is 7.32. The molecule has 2 aromatic carbocycles. The summed E-state index contributed by atoms with van der Waals surface area (Å²) in [5.74, 6) is -1.18. The number of carbonyl (C=O) groups is 2. The fraction of sp³-hybridized carbons (Fsp3) is 0.0870. The molecule has 0 saturated carbocycles. The number of carbonyl (C=O) groups excluding carboxylic acids is 2. The number of amides is 2. The van der Waals surface area contributed by atoms with Crippen molar-refractivity contribution in [1.29, 1.82) is 0 Å². The number of nitrogens with zero attached hydrogens (tertiary/aromatic N) is 2. The van der Waals surface area contributed by atoms with E-state index in [1.54, 1.807) is 24.3 Å². The second-order valence-corrected chi connectivity index (χ2v) is 8.79. The van der Waals surface area contributed by atoms with Gasteiger partial charge in [-0.25, -0.2) is 0 Å². The van der Waals surface area contributed by atoms with Crippen LogP contribution in [0.1, 0.15) is 31.5 Å². The number of benzene rings is 2. The highest BCUT2D eigenvalue weighted by Gasteiger charge is 2.23. The Bertz CT molecular complexity index is 1500. The SMILES string of the molecule is Cc1nn(Cc2ccc(Cl)cc2)c2sc(C(=O)Nc3c(C(N)=O)oc4ccccc34)cc12. The summed E-state index contributed by atoms with van der Waals surface area (Å²) < 4.78 is 7.42. The minimum Gasteiger partial charge on any atom is -0.449 e. The van der Waals surface area contributed by atoms with Gasteiger partial charge in [0, 0.05) is 15.8 Å². The Morgan fingerprint density at radius 1 is 1.16 bits per heavy atom. The summed E-state index contributed by atoms with van der Waals surface area (Å²) in [5.41, 5.74) is 8.09. The molecule has 0 aliphatic heterocycles. The zero-order valence-corrected chi connectivity index (χ0v) is 18.5. The maximum absolute atomic E-state index is 13.1. The molecule has 160 valence electrons. The van der Waals surface area contributed by atoms with Crippen LogP contribution in [0.15, 0.2) is 59.0 Å². The number of primary amides is 1. The van der Waals surface area contributed by atoms with E-state index in [9.17, 15) is 9.59 Å². The number of aromatic nitrogens is 2. The van der Waals surface area contributed by atoms with E-state index in [0.717, 1.165) is 21.5 Å². The topological polar surface area (TPSA) is 103 Å². The van der Waals surface area contributed by atoms with Crippen molar-refractivity contribution in [2.75, 3.05) is 5.32 Å². The van der Waals surface area contributed by atoms with Crippen LogP contribution in [-0.4, -0.2) is 21.6 Å². The molecule has 32 heavy (non-hydrogen) atoms. The van der Waals surface area contributed by atoms with E-state index in [0.29, 0.717) is 27.4 Å². The van der Waals surface area contributed by atoms with E-state index >= 15 is 0 Å². The Kier molecular flexibility index (Phi) is 4.96. The van der Waals surface area contributed by atoms with Crippen LogP contribution < -0.4 is 11.1 Å². The van der Waals surface area contributed by atoms with Gasteiger partial charge in [-0.1, -0.05) is 35.9 Å². The summed E-state index contributed by atoms with van der Waals surface area (Å²) in [7, 11) is 0. The molecule has 0 bridgehead atoms. The average Bonchev–Trinajstić information content (AvgIpc) is 3.44. The third-order valence-electron chi connectivity index (χ3n) is 5.13.